The molecule has 0 aromatic heterocycles. The number of fused-ring (bicyclic) bond motifs is 1. The van der Waals surface area contributed by atoms with Gasteiger partial charge in [0.2, 0.25) is 0 Å². The van der Waals surface area contributed by atoms with Crippen LogP contribution in [-0.4, -0.2) is 11.8 Å². The second-order valence-electron chi connectivity index (χ2n) is 2.81. The Balaban J connectivity index is 2.72. The van der Waals surface area contributed by atoms with Crippen molar-refractivity contribution in [1.82, 2.24) is 5.32 Å². The van der Waals surface area contributed by atoms with Crippen LogP contribution in [-0.2, 0) is 0 Å². The van der Waals surface area contributed by atoms with Crippen molar-refractivity contribution in [3.63, 3.8) is 0 Å². The number of anilines is 2. The summed E-state index contributed by atoms with van der Waals surface area (Å²) in [6.45, 7) is 0. The molecule has 1 aromatic carbocycles. The molecule has 5 N–H and O–H groups in total. The van der Waals surface area contributed by atoms with E-state index in [0.29, 0.717) is 11.4 Å². The quantitative estimate of drug-likeness (QED) is 0.375. The molecule has 0 bridgehead atoms. The molecule has 1 aliphatic rings. The third-order valence-corrected chi connectivity index (χ3v) is 1.94. The number of nitrogens with one attached hydrogen (secondary N) is 1. The summed E-state index contributed by atoms with van der Waals surface area (Å²) in [5, 5.41) is 2.15. The van der Waals surface area contributed by atoms with Gasteiger partial charge in [-0.15, -0.1) is 0 Å². The molecule has 1 heterocycles. The topological polar surface area (TPSA) is 98.2 Å². The van der Waals surface area contributed by atoms with Crippen molar-refractivity contribution in [1.29, 1.82) is 0 Å². The van der Waals surface area contributed by atoms with Crippen molar-refractivity contribution in [2.75, 3.05) is 11.5 Å². The number of amides is 2. The summed E-state index contributed by atoms with van der Waals surface area (Å²) in [4.78, 5) is 22.2. The Morgan fingerprint density at radius 2 is 1.31 bits per heavy atom. The van der Waals surface area contributed by atoms with Crippen molar-refractivity contribution < 1.29 is 9.59 Å². The molecule has 5 nitrogen and oxygen atoms in total. The van der Waals surface area contributed by atoms with Crippen LogP contribution in [0.3, 0.4) is 0 Å². The van der Waals surface area contributed by atoms with Gasteiger partial charge < -0.3 is 11.5 Å². The minimum Gasteiger partial charge on any atom is -0.397 e. The van der Waals surface area contributed by atoms with Crippen LogP contribution >= 0.6 is 0 Å². The number of rotatable bonds is 0. The molecule has 0 aliphatic carbocycles. The predicted molar refractivity (Wildman–Crippen MR) is 47.1 cm³/mol. The Labute approximate surface area is 73.7 Å². The van der Waals surface area contributed by atoms with Crippen LogP contribution in [0.15, 0.2) is 12.1 Å². The number of imide groups is 1. The zero-order valence-electron chi connectivity index (χ0n) is 6.63. The average Bonchev–Trinajstić information content (AvgIpc) is 2.31. The van der Waals surface area contributed by atoms with Gasteiger partial charge in [-0.25, -0.2) is 0 Å². The number of hydrogen-bond donors (Lipinski definition) is 3. The molecule has 0 spiro atoms. The third kappa shape index (κ3) is 0.936. The van der Waals surface area contributed by atoms with Gasteiger partial charge in [-0.2, -0.15) is 0 Å². The average molecular weight is 177 g/mol. The van der Waals surface area contributed by atoms with Crippen LogP contribution in [0.5, 0.6) is 0 Å². The Morgan fingerprint density at radius 3 is 1.69 bits per heavy atom. The first-order valence-corrected chi connectivity index (χ1v) is 3.64. The first-order chi connectivity index (χ1) is 6.09. The van der Waals surface area contributed by atoms with E-state index in [1.807, 2.05) is 0 Å². The van der Waals surface area contributed by atoms with Gasteiger partial charge in [0.25, 0.3) is 11.8 Å². The smallest absolute Gasteiger partial charge is 0.259 e. The standard InChI is InChI=1S/C8H7N3O2/c9-5-1-3-4(2-6(5)10)8(13)11-7(3)12/h1-2H,9-10H2,(H,11,12,13). The zero-order chi connectivity index (χ0) is 9.59. The number of hydrogen-bond acceptors (Lipinski definition) is 4. The van der Waals surface area contributed by atoms with Gasteiger partial charge in [0.1, 0.15) is 0 Å². The van der Waals surface area contributed by atoms with Crippen LogP contribution in [0, 0.1) is 0 Å². The van der Waals surface area contributed by atoms with Gasteiger partial charge in [0, 0.05) is 0 Å². The number of nitrogens with two attached hydrogens (primary N) is 2. The highest BCUT2D eigenvalue weighted by molar-refractivity contribution is 6.22. The lowest BCUT2D eigenvalue weighted by Gasteiger charge is -2.00. The van der Waals surface area contributed by atoms with E-state index < -0.39 is 11.8 Å². The van der Waals surface area contributed by atoms with Gasteiger partial charge in [-0.1, -0.05) is 0 Å². The number of benzene rings is 1. The van der Waals surface area contributed by atoms with Gasteiger partial charge in [0.15, 0.2) is 0 Å². The fourth-order valence-corrected chi connectivity index (χ4v) is 1.25. The lowest BCUT2D eigenvalue weighted by Crippen LogP contribution is -2.19. The van der Waals surface area contributed by atoms with Crippen molar-refractivity contribution in [2.45, 2.75) is 0 Å². The van der Waals surface area contributed by atoms with Gasteiger partial charge in [0.05, 0.1) is 22.5 Å². The molecule has 0 unspecified atom stereocenters. The molecule has 5 heteroatoms. The van der Waals surface area contributed by atoms with E-state index in [1.165, 1.54) is 12.1 Å². The van der Waals surface area contributed by atoms with Crippen LogP contribution in [0.1, 0.15) is 20.7 Å². The monoisotopic (exact) mass is 177 g/mol. The first kappa shape index (κ1) is 7.60. The van der Waals surface area contributed by atoms with E-state index in [4.69, 9.17) is 11.5 Å². The normalized spacial score (nSPS) is 14.2. The molecular formula is C8H7N3O2. The van der Waals surface area contributed by atoms with Crippen molar-refractivity contribution in [2.24, 2.45) is 0 Å². The van der Waals surface area contributed by atoms with Crippen molar-refractivity contribution in [3.05, 3.63) is 23.3 Å². The summed E-state index contributed by atoms with van der Waals surface area (Å²) >= 11 is 0. The lowest BCUT2D eigenvalue weighted by molar-refractivity contribution is 0.0879. The molecular weight excluding hydrogens is 170 g/mol. The molecule has 0 fully saturated rings. The second-order valence-corrected chi connectivity index (χ2v) is 2.81. The molecule has 2 rings (SSSR count). The fraction of sp³-hybridized carbons (Fsp3) is 0. The predicted octanol–water partition coefficient (Wildman–Crippen LogP) is -0.265. The highest BCUT2D eigenvalue weighted by Gasteiger charge is 2.27. The Kier molecular flexibility index (Phi) is 1.30. The summed E-state index contributed by atoms with van der Waals surface area (Å²) in [6.07, 6.45) is 0. The second kappa shape index (κ2) is 2.22. The lowest BCUT2D eigenvalue weighted by atomic mass is 10.1. The van der Waals surface area contributed by atoms with Gasteiger partial charge in [-0.3, -0.25) is 14.9 Å². The van der Waals surface area contributed by atoms with E-state index in [9.17, 15) is 9.59 Å². The summed E-state index contributed by atoms with van der Waals surface area (Å²) in [7, 11) is 0. The molecule has 0 saturated heterocycles. The zero-order valence-corrected chi connectivity index (χ0v) is 6.63. The molecule has 13 heavy (non-hydrogen) atoms. The van der Waals surface area contributed by atoms with E-state index in [2.05, 4.69) is 5.32 Å². The Hall–Kier alpha value is -2.04. The van der Waals surface area contributed by atoms with Crippen molar-refractivity contribution >= 4 is 23.2 Å². The maximum Gasteiger partial charge on any atom is 0.259 e. The largest absolute Gasteiger partial charge is 0.397 e. The highest BCUT2D eigenvalue weighted by Crippen LogP contribution is 2.24. The molecule has 66 valence electrons. The molecule has 0 saturated carbocycles. The summed E-state index contributed by atoms with van der Waals surface area (Å²) in [5.74, 6) is -0.849. The summed E-state index contributed by atoms with van der Waals surface area (Å²) in [5.41, 5.74) is 12.2. The maximum absolute atomic E-state index is 11.1. The number of carbonyl (C=O) groups is 2. The van der Waals surface area contributed by atoms with Gasteiger partial charge >= 0.3 is 0 Å². The maximum atomic E-state index is 11.1. The van der Waals surface area contributed by atoms with Crippen LogP contribution in [0.4, 0.5) is 11.4 Å². The fourth-order valence-electron chi connectivity index (χ4n) is 1.25. The first-order valence-electron chi connectivity index (χ1n) is 3.64. The minimum absolute atomic E-state index is 0.289. The van der Waals surface area contributed by atoms with Crippen LogP contribution in [0.25, 0.3) is 0 Å². The SMILES string of the molecule is Nc1cc2c(cc1N)C(=O)NC2=O. The molecule has 2 amide bonds. The van der Waals surface area contributed by atoms with Crippen LogP contribution < -0.4 is 16.8 Å². The van der Waals surface area contributed by atoms with E-state index in [1.54, 1.807) is 0 Å². The van der Waals surface area contributed by atoms with Crippen molar-refractivity contribution in [3.8, 4) is 0 Å². The molecule has 1 aromatic rings. The van der Waals surface area contributed by atoms with E-state index in [0.717, 1.165) is 0 Å². The highest BCUT2D eigenvalue weighted by atomic mass is 16.2. The Morgan fingerprint density at radius 1 is 0.923 bits per heavy atom. The Bertz CT molecular complexity index is 387. The summed E-state index contributed by atoms with van der Waals surface area (Å²) < 4.78 is 0. The van der Waals surface area contributed by atoms with E-state index in [-0.39, 0.29) is 11.1 Å². The summed E-state index contributed by atoms with van der Waals surface area (Å²) in [6, 6.07) is 2.82. The van der Waals surface area contributed by atoms with Crippen LogP contribution in [0.2, 0.25) is 0 Å². The number of carbonyl (C=O) groups excluding carboxylic acids is 2. The molecule has 1 aliphatic heterocycles. The minimum atomic E-state index is -0.424. The number of nitrogen functional groups attached to an aromatic ring is 2. The van der Waals surface area contributed by atoms with Gasteiger partial charge in [-0.05, 0) is 12.1 Å². The van der Waals surface area contributed by atoms with E-state index >= 15 is 0 Å². The molecule has 0 atom stereocenters. The third-order valence-electron chi connectivity index (χ3n) is 1.94. The molecule has 0 radical (unpaired) electrons.